The topological polar surface area (TPSA) is 292 Å². The molecule has 0 aliphatic carbocycles. The fourth-order valence-electron chi connectivity index (χ4n) is 4.54. The van der Waals surface area contributed by atoms with Gasteiger partial charge in [0, 0.05) is 12.8 Å². The van der Waals surface area contributed by atoms with Gasteiger partial charge < -0.3 is 53.4 Å². The summed E-state index contributed by atoms with van der Waals surface area (Å²) in [6.45, 7) is 7.24. The minimum absolute atomic E-state index is 0.0471. The van der Waals surface area contributed by atoms with Crippen molar-refractivity contribution in [2.75, 3.05) is 6.61 Å². The summed E-state index contributed by atoms with van der Waals surface area (Å²) in [5.41, 5.74) is 11.6. The van der Waals surface area contributed by atoms with Crippen LogP contribution in [0.5, 0.6) is 0 Å². The second-order valence-electron chi connectivity index (χ2n) is 12.6. The van der Waals surface area contributed by atoms with Crippen LogP contribution in [0, 0.1) is 11.8 Å². The van der Waals surface area contributed by atoms with Crippen LogP contribution in [-0.4, -0.2) is 106 Å². The van der Waals surface area contributed by atoms with E-state index < -0.39 is 90.4 Å². The smallest absolute Gasteiger partial charge is 0.326 e. The van der Waals surface area contributed by atoms with Crippen molar-refractivity contribution in [2.24, 2.45) is 23.3 Å². The van der Waals surface area contributed by atoms with Gasteiger partial charge in [0.2, 0.25) is 35.4 Å². The number of carboxylic acid groups (broad SMARTS) is 1. The quantitative estimate of drug-likeness (QED) is 0.0637. The Morgan fingerprint density at radius 1 is 0.714 bits per heavy atom. The second kappa shape index (κ2) is 20.7. The summed E-state index contributed by atoms with van der Waals surface area (Å²) in [6.07, 6.45) is -2.03. The normalized spacial score (nSPS) is 15.5. The highest BCUT2D eigenvalue weighted by atomic mass is 16.4. The predicted molar refractivity (Wildman–Crippen MR) is 177 cm³/mol. The maximum Gasteiger partial charge on any atom is 0.326 e. The molecule has 7 atom stereocenters. The number of benzene rings is 1. The first-order valence-electron chi connectivity index (χ1n) is 16.0. The Hall–Kier alpha value is -4.61. The van der Waals surface area contributed by atoms with Crippen molar-refractivity contribution in [3.8, 4) is 0 Å². The van der Waals surface area contributed by atoms with Crippen LogP contribution in [0.4, 0.5) is 0 Å². The second-order valence-corrected chi connectivity index (χ2v) is 12.6. The van der Waals surface area contributed by atoms with Gasteiger partial charge in [-0.3, -0.25) is 28.8 Å². The van der Waals surface area contributed by atoms with Crippen molar-refractivity contribution >= 4 is 41.4 Å². The van der Waals surface area contributed by atoms with Crippen molar-refractivity contribution in [3.05, 3.63) is 35.9 Å². The van der Waals surface area contributed by atoms with Crippen molar-refractivity contribution in [1.29, 1.82) is 0 Å². The van der Waals surface area contributed by atoms with Crippen molar-refractivity contribution in [1.82, 2.24) is 26.6 Å². The first-order valence-corrected chi connectivity index (χ1v) is 16.0. The Kier molecular flexibility index (Phi) is 17.9. The number of carbonyl (C=O) groups excluding carboxylic acids is 6. The molecule has 0 heterocycles. The van der Waals surface area contributed by atoms with Crippen LogP contribution < -0.4 is 38.1 Å². The van der Waals surface area contributed by atoms with E-state index in [2.05, 4.69) is 26.6 Å². The highest BCUT2D eigenvalue weighted by Crippen LogP contribution is 2.09. The van der Waals surface area contributed by atoms with E-state index in [4.69, 9.17) is 11.5 Å². The van der Waals surface area contributed by atoms with Crippen molar-refractivity contribution in [2.45, 2.75) is 103 Å². The third-order valence-electron chi connectivity index (χ3n) is 7.45. The summed E-state index contributed by atoms with van der Waals surface area (Å²) in [4.78, 5) is 88.5. The number of nitrogens with one attached hydrogen (secondary N) is 5. The summed E-state index contributed by atoms with van der Waals surface area (Å²) < 4.78 is 0. The van der Waals surface area contributed by atoms with E-state index in [1.165, 1.54) is 6.92 Å². The van der Waals surface area contributed by atoms with Gasteiger partial charge >= 0.3 is 5.97 Å². The maximum absolute atomic E-state index is 13.5. The molecule has 0 aliphatic rings. The molecule has 0 unspecified atom stereocenters. The summed E-state index contributed by atoms with van der Waals surface area (Å²) >= 11 is 0. The molecule has 0 aromatic heterocycles. The molecule has 6 amide bonds. The Morgan fingerprint density at radius 3 is 1.71 bits per heavy atom. The molecular weight excluding hydrogens is 642 g/mol. The Labute approximate surface area is 285 Å². The molecule has 1 aromatic carbocycles. The van der Waals surface area contributed by atoms with E-state index >= 15 is 0 Å². The molecule has 17 heteroatoms. The van der Waals surface area contributed by atoms with E-state index in [1.54, 1.807) is 58.0 Å². The molecule has 0 aliphatic heterocycles. The summed E-state index contributed by atoms with van der Waals surface area (Å²) in [7, 11) is 0. The van der Waals surface area contributed by atoms with Gasteiger partial charge in [-0.15, -0.1) is 0 Å². The minimum atomic E-state index is -1.62. The third kappa shape index (κ3) is 15.0. The van der Waals surface area contributed by atoms with E-state index in [-0.39, 0.29) is 37.5 Å². The van der Waals surface area contributed by atoms with Crippen molar-refractivity contribution in [3.63, 3.8) is 0 Å². The van der Waals surface area contributed by atoms with E-state index in [1.807, 2.05) is 0 Å². The number of carboxylic acids is 1. The molecule has 0 saturated carbocycles. The minimum Gasteiger partial charge on any atom is -0.480 e. The fourth-order valence-corrected chi connectivity index (χ4v) is 4.54. The molecule has 17 nitrogen and oxygen atoms in total. The van der Waals surface area contributed by atoms with Crippen LogP contribution >= 0.6 is 0 Å². The van der Waals surface area contributed by atoms with Crippen LogP contribution in [0.1, 0.15) is 59.4 Å². The number of aliphatic carboxylic acids is 1. The first-order chi connectivity index (χ1) is 22.9. The van der Waals surface area contributed by atoms with Crippen LogP contribution in [0.25, 0.3) is 0 Å². The van der Waals surface area contributed by atoms with E-state index in [9.17, 15) is 48.9 Å². The average molecular weight is 694 g/mol. The zero-order valence-corrected chi connectivity index (χ0v) is 28.5. The number of amides is 6. The number of hydrogen-bond acceptors (Lipinski definition) is 10. The molecule has 0 spiro atoms. The highest BCUT2D eigenvalue weighted by molar-refractivity contribution is 5.96. The van der Waals surface area contributed by atoms with Gasteiger partial charge in [0.25, 0.3) is 0 Å². The molecule has 0 fully saturated rings. The number of aliphatic hydroxyl groups is 2. The molecule has 0 radical (unpaired) electrons. The lowest BCUT2D eigenvalue weighted by Gasteiger charge is -2.28. The van der Waals surface area contributed by atoms with E-state index in [0.717, 1.165) is 0 Å². The van der Waals surface area contributed by atoms with Crippen molar-refractivity contribution < 1.29 is 48.9 Å². The van der Waals surface area contributed by atoms with Gasteiger partial charge in [-0.1, -0.05) is 58.0 Å². The number of aliphatic hydroxyl groups excluding tert-OH is 2. The Bertz CT molecular complexity index is 1290. The number of rotatable bonds is 21. The first kappa shape index (κ1) is 42.4. The largest absolute Gasteiger partial charge is 0.480 e. The van der Waals surface area contributed by atoms with Gasteiger partial charge in [0.15, 0.2) is 0 Å². The SMILES string of the molecule is CC(C)C[C@H](NC(=O)[C@H](CO)NC(=O)[C@H](Cc1ccccc1)NC(=O)[C@@H](NC(=O)[C@@H](N)C(C)C)[C@@H](C)O)C(=O)N[C@@H](CCC(N)=O)C(=O)O. The monoisotopic (exact) mass is 693 g/mol. The van der Waals surface area contributed by atoms with Gasteiger partial charge in [-0.25, -0.2) is 4.79 Å². The lowest BCUT2D eigenvalue weighted by molar-refractivity contribution is -0.142. The van der Waals surface area contributed by atoms with Gasteiger partial charge in [-0.2, -0.15) is 0 Å². The summed E-state index contributed by atoms with van der Waals surface area (Å²) in [6, 6.07) is 0.274. The number of carbonyl (C=O) groups is 7. The molecule has 12 N–H and O–H groups in total. The van der Waals surface area contributed by atoms with Gasteiger partial charge in [0.1, 0.15) is 30.2 Å². The lowest BCUT2D eigenvalue weighted by Crippen LogP contribution is -2.62. The number of hydrogen-bond donors (Lipinski definition) is 10. The summed E-state index contributed by atoms with van der Waals surface area (Å²) in [5.74, 6) is -7.02. The fraction of sp³-hybridized carbons (Fsp3) is 0.594. The predicted octanol–water partition coefficient (Wildman–Crippen LogP) is -2.59. The molecule has 274 valence electrons. The maximum atomic E-state index is 13.5. The molecule has 1 aromatic rings. The van der Waals surface area contributed by atoms with Crippen LogP contribution in [0.15, 0.2) is 30.3 Å². The van der Waals surface area contributed by atoms with Crippen LogP contribution in [-0.2, 0) is 40.0 Å². The highest BCUT2D eigenvalue weighted by Gasteiger charge is 2.34. The number of nitrogens with two attached hydrogens (primary N) is 2. The Morgan fingerprint density at radius 2 is 1.22 bits per heavy atom. The van der Waals surface area contributed by atoms with Crippen LogP contribution in [0.3, 0.4) is 0 Å². The molecule has 0 saturated heterocycles. The standard InChI is InChI=1S/C32H51N7O10/c1-16(2)13-21(27(43)35-20(32(48)49)11-12-24(33)42)36-29(45)23(15-40)38-28(44)22(14-19-9-7-6-8-10-19)37-31(47)26(18(5)41)39-30(46)25(34)17(3)4/h6-10,16-18,20-23,25-26,40-41H,11-15,34H2,1-5H3,(H2,33,42)(H,35,43)(H,36,45)(H,37,47)(H,38,44)(H,39,46)(H,48,49)/t18-,20+,21+,22+,23+,25+,26+/m1/s1. The molecule has 1 rings (SSSR count). The molecule has 0 bridgehead atoms. The van der Waals surface area contributed by atoms with E-state index in [0.29, 0.717) is 5.56 Å². The molecular formula is C32H51N7O10. The summed E-state index contributed by atoms with van der Waals surface area (Å²) in [5, 5.41) is 41.8. The molecule has 49 heavy (non-hydrogen) atoms. The zero-order chi connectivity index (χ0) is 37.4. The van der Waals surface area contributed by atoms with Gasteiger partial charge in [-0.05, 0) is 37.2 Å². The lowest BCUT2D eigenvalue weighted by atomic mass is 10.0. The third-order valence-corrected chi connectivity index (χ3v) is 7.45. The Balaban J connectivity index is 3.22. The zero-order valence-electron chi connectivity index (χ0n) is 28.5. The van der Waals surface area contributed by atoms with Gasteiger partial charge in [0.05, 0.1) is 18.8 Å². The number of primary amides is 1. The van der Waals surface area contributed by atoms with Crippen LogP contribution in [0.2, 0.25) is 0 Å². The average Bonchev–Trinajstić information content (AvgIpc) is 3.02.